The van der Waals surface area contributed by atoms with Crippen molar-refractivity contribution in [2.75, 3.05) is 11.9 Å². The molecule has 0 amide bonds. The average molecular weight is 260 g/mol. The van der Waals surface area contributed by atoms with Crippen LogP contribution in [-0.4, -0.2) is 22.7 Å². The Labute approximate surface area is 103 Å². The van der Waals surface area contributed by atoms with Crippen molar-refractivity contribution in [3.63, 3.8) is 0 Å². The molecular formula is C12H15F3N2O. The maximum Gasteiger partial charge on any atom is 0.416 e. The third-order valence-electron chi connectivity index (χ3n) is 3.25. The lowest BCUT2D eigenvalue weighted by atomic mass is 10.1. The van der Waals surface area contributed by atoms with Gasteiger partial charge in [-0.3, -0.25) is 0 Å². The minimum absolute atomic E-state index is 0.0985. The van der Waals surface area contributed by atoms with Crippen LogP contribution in [0.2, 0.25) is 0 Å². The van der Waals surface area contributed by atoms with Crippen LogP contribution in [0.15, 0.2) is 18.3 Å². The van der Waals surface area contributed by atoms with Gasteiger partial charge in [0.25, 0.3) is 0 Å². The first-order valence-corrected chi connectivity index (χ1v) is 5.92. The van der Waals surface area contributed by atoms with E-state index in [0.717, 1.165) is 37.6 Å². The van der Waals surface area contributed by atoms with Gasteiger partial charge in [0.05, 0.1) is 11.7 Å². The molecule has 18 heavy (non-hydrogen) atoms. The monoisotopic (exact) mass is 260 g/mol. The van der Waals surface area contributed by atoms with E-state index in [9.17, 15) is 18.3 Å². The van der Waals surface area contributed by atoms with Gasteiger partial charge in [-0.15, -0.1) is 0 Å². The van der Waals surface area contributed by atoms with Crippen molar-refractivity contribution < 1.29 is 18.3 Å². The van der Waals surface area contributed by atoms with E-state index >= 15 is 0 Å². The molecule has 100 valence electrons. The number of hydrogen-bond donors (Lipinski definition) is 2. The summed E-state index contributed by atoms with van der Waals surface area (Å²) in [6, 6.07) is 1.93. The summed E-state index contributed by atoms with van der Waals surface area (Å²) in [6.45, 7) is 0.454. The number of pyridine rings is 1. The van der Waals surface area contributed by atoms with Gasteiger partial charge in [-0.05, 0) is 25.0 Å². The Morgan fingerprint density at radius 2 is 2.17 bits per heavy atom. The highest BCUT2D eigenvalue weighted by molar-refractivity contribution is 5.38. The van der Waals surface area contributed by atoms with E-state index < -0.39 is 11.7 Å². The van der Waals surface area contributed by atoms with Crippen molar-refractivity contribution in [2.45, 2.75) is 31.5 Å². The average Bonchev–Trinajstić information content (AvgIpc) is 2.72. The van der Waals surface area contributed by atoms with Crippen molar-refractivity contribution in [1.29, 1.82) is 0 Å². The number of aliphatic hydroxyl groups excluding tert-OH is 1. The molecule has 6 heteroatoms. The zero-order valence-corrected chi connectivity index (χ0v) is 9.74. The SMILES string of the molecule is OC1CCCC1CNc1cc(C(F)(F)F)ccn1. The van der Waals surface area contributed by atoms with Crippen LogP contribution in [0, 0.1) is 5.92 Å². The van der Waals surface area contributed by atoms with Crippen LogP contribution in [0.4, 0.5) is 19.0 Å². The standard InChI is InChI=1S/C12H15F3N2O/c13-12(14,15)9-4-5-16-11(6-9)17-7-8-2-1-3-10(8)18/h4-6,8,10,18H,1-3,7H2,(H,16,17). The number of hydrogen-bond acceptors (Lipinski definition) is 3. The second kappa shape index (κ2) is 5.14. The Balaban J connectivity index is 1.97. The minimum Gasteiger partial charge on any atom is -0.393 e. The van der Waals surface area contributed by atoms with Gasteiger partial charge in [0.1, 0.15) is 5.82 Å². The first-order chi connectivity index (χ1) is 8.47. The quantitative estimate of drug-likeness (QED) is 0.878. The van der Waals surface area contributed by atoms with Gasteiger partial charge >= 0.3 is 6.18 Å². The summed E-state index contributed by atoms with van der Waals surface area (Å²) in [4.78, 5) is 3.85. The Morgan fingerprint density at radius 1 is 1.39 bits per heavy atom. The third kappa shape index (κ3) is 3.13. The van der Waals surface area contributed by atoms with Gasteiger partial charge in [0, 0.05) is 18.7 Å². The van der Waals surface area contributed by atoms with Crippen LogP contribution < -0.4 is 5.32 Å². The highest BCUT2D eigenvalue weighted by atomic mass is 19.4. The molecule has 2 rings (SSSR count). The molecule has 1 aromatic heterocycles. The molecule has 2 atom stereocenters. The molecule has 1 fully saturated rings. The maximum atomic E-state index is 12.5. The predicted octanol–water partition coefficient (Wildman–Crippen LogP) is 2.67. The summed E-state index contributed by atoms with van der Waals surface area (Å²) in [6.07, 6.45) is -0.954. The molecule has 0 aromatic carbocycles. The summed E-state index contributed by atoms with van der Waals surface area (Å²) in [5.74, 6) is 0.297. The van der Waals surface area contributed by atoms with Crippen molar-refractivity contribution in [3.8, 4) is 0 Å². The first kappa shape index (κ1) is 13.1. The molecule has 2 N–H and O–H groups in total. The van der Waals surface area contributed by atoms with E-state index in [2.05, 4.69) is 10.3 Å². The normalized spacial score (nSPS) is 24.2. The number of aromatic nitrogens is 1. The van der Waals surface area contributed by atoms with Crippen molar-refractivity contribution >= 4 is 5.82 Å². The molecule has 0 radical (unpaired) electrons. The summed E-state index contributed by atoms with van der Waals surface area (Å²) in [7, 11) is 0. The Bertz CT molecular complexity index is 409. The topological polar surface area (TPSA) is 45.1 Å². The zero-order chi connectivity index (χ0) is 13.2. The van der Waals surface area contributed by atoms with E-state index in [4.69, 9.17) is 0 Å². The lowest BCUT2D eigenvalue weighted by molar-refractivity contribution is -0.137. The fourth-order valence-corrected chi connectivity index (χ4v) is 2.19. The molecule has 1 aromatic rings. The van der Waals surface area contributed by atoms with E-state index in [1.165, 1.54) is 0 Å². The van der Waals surface area contributed by atoms with Crippen LogP contribution in [-0.2, 0) is 6.18 Å². The molecule has 3 nitrogen and oxygen atoms in total. The van der Waals surface area contributed by atoms with Crippen molar-refractivity contribution in [3.05, 3.63) is 23.9 Å². The Morgan fingerprint density at radius 3 is 2.78 bits per heavy atom. The lowest BCUT2D eigenvalue weighted by Crippen LogP contribution is -2.22. The van der Waals surface area contributed by atoms with Crippen molar-refractivity contribution in [2.24, 2.45) is 5.92 Å². The number of anilines is 1. The van der Waals surface area contributed by atoms with Crippen LogP contribution in [0.25, 0.3) is 0 Å². The maximum absolute atomic E-state index is 12.5. The summed E-state index contributed by atoms with van der Waals surface area (Å²) < 4.78 is 37.4. The van der Waals surface area contributed by atoms with E-state index in [-0.39, 0.29) is 17.8 Å². The number of nitrogens with one attached hydrogen (secondary N) is 1. The fourth-order valence-electron chi connectivity index (χ4n) is 2.19. The number of alkyl halides is 3. The van der Waals surface area contributed by atoms with E-state index in [1.54, 1.807) is 0 Å². The fraction of sp³-hybridized carbons (Fsp3) is 0.583. The molecule has 0 aliphatic heterocycles. The van der Waals surface area contributed by atoms with Crippen molar-refractivity contribution in [1.82, 2.24) is 4.98 Å². The van der Waals surface area contributed by atoms with Gasteiger partial charge in [0.2, 0.25) is 0 Å². The Hall–Kier alpha value is -1.30. The van der Waals surface area contributed by atoms with Gasteiger partial charge in [-0.25, -0.2) is 4.98 Å². The molecule has 0 saturated heterocycles. The van der Waals surface area contributed by atoms with E-state index in [1.807, 2.05) is 0 Å². The second-order valence-electron chi connectivity index (χ2n) is 4.57. The number of halogens is 3. The summed E-state index contributed by atoms with van der Waals surface area (Å²) in [5, 5.41) is 12.5. The second-order valence-corrected chi connectivity index (χ2v) is 4.57. The van der Waals surface area contributed by atoms with Crippen LogP contribution in [0.3, 0.4) is 0 Å². The highest BCUT2D eigenvalue weighted by Gasteiger charge is 2.31. The minimum atomic E-state index is -4.35. The number of nitrogens with zero attached hydrogens (tertiary/aromatic N) is 1. The molecule has 1 aliphatic carbocycles. The molecule has 1 heterocycles. The van der Waals surface area contributed by atoms with Gasteiger partial charge < -0.3 is 10.4 Å². The third-order valence-corrected chi connectivity index (χ3v) is 3.25. The van der Waals surface area contributed by atoms with Crippen LogP contribution in [0.1, 0.15) is 24.8 Å². The van der Waals surface area contributed by atoms with Crippen LogP contribution in [0.5, 0.6) is 0 Å². The number of rotatable bonds is 3. The summed E-state index contributed by atoms with van der Waals surface area (Å²) >= 11 is 0. The highest BCUT2D eigenvalue weighted by Crippen LogP contribution is 2.30. The smallest absolute Gasteiger partial charge is 0.393 e. The lowest BCUT2D eigenvalue weighted by Gasteiger charge is -2.16. The zero-order valence-electron chi connectivity index (χ0n) is 9.74. The molecule has 0 spiro atoms. The van der Waals surface area contributed by atoms with Gasteiger partial charge in [0.15, 0.2) is 0 Å². The van der Waals surface area contributed by atoms with Gasteiger partial charge in [-0.1, -0.05) is 6.42 Å². The molecular weight excluding hydrogens is 245 g/mol. The number of aliphatic hydroxyl groups is 1. The molecule has 1 aliphatic rings. The van der Waals surface area contributed by atoms with Crippen LogP contribution >= 0.6 is 0 Å². The van der Waals surface area contributed by atoms with E-state index in [0.29, 0.717) is 6.54 Å². The summed E-state index contributed by atoms with van der Waals surface area (Å²) in [5.41, 5.74) is -0.716. The Kier molecular flexibility index (Phi) is 3.75. The largest absolute Gasteiger partial charge is 0.416 e. The van der Waals surface area contributed by atoms with Gasteiger partial charge in [-0.2, -0.15) is 13.2 Å². The first-order valence-electron chi connectivity index (χ1n) is 5.92. The molecule has 2 unspecified atom stereocenters. The molecule has 1 saturated carbocycles. The predicted molar refractivity (Wildman–Crippen MR) is 61.1 cm³/mol. The molecule has 0 bridgehead atoms.